The number of fused-ring (bicyclic) bond motifs is 1. The highest BCUT2D eigenvalue weighted by Crippen LogP contribution is 2.22. The Morgan fingerprint density at radius 2 is 1.96 bits per heavy atom. The molecule has 3 aromatic rings. The van der Waals surface area contributed by atoms with Gasteiger partial charge in [0.05, 0.1) is 16.7 Å². The van der Waals surface area contributed by atoms with E-state index in [4.69, 9.17) is 23.2 Å². The van der Waals surface area contributed by atoms with Crippen molar-refractivity contribution >= 4 is 51.6 Å². The summed E-state index contributed by atoms with van der Waals surface area (Å²) < 4.78 is 1.49. The summed E-state index contributed by atoms with van der Waals surface area (Å²) in [5, 5.41) is 1.87. The number of hydrogen-bond donors (Lipinski definition) is 0. The van der Waals surface area contributed by atoms with E-state index in [9.17, 15) is 9.59 Å². The molecule has 0 radical (unpaired) electrons. The Hall–Kier alpha value is -2.08. The molecule has 0 fully saturated rings. The molecule has 26 heavy (non-hydrogen) atoms. The van der Waals surface area contributed by atoms with Gasteiger partial charge in [-0.15, -0.1) is 6.58 Å². The van der Waals surface area contributed by atoms with Gasteiger partial charge < -0.3 is 0 Å². The van der Waals surface area contributed by atoms with Gasteiger partial charge in [0.2, 0.25) is 0 Å². The minimum absolute atomic E-state index is 0.0897. The summed E-state index contributed by atoms with van der Waals surface area (Å²) in [6.45, 7) is 3.98. The number of Topliss-reactive ketones (excluding diaryl/α,β-unsaturated/α-hetero) is 1. The third-order valence-electron chi connectivity index (χ3n) is 3.67. The lowest BCUT2D eigenvalue weighted by Gasteiger charge is -2.11. The third kappa shape index (κ3) is 4.01. The Bertz CT molecular complexity index is 1060. The van der Waals surface area contributed by atoms with Crippen molar-refractivity contribution in [2.45, 2.75) is 11.7 Å². The Balaban J connectivity index is 1.95. The molecule has 4 nitrogen and oxygen atoms in total. The van der Waals surface area contributed by atoms with Crippen LogP contribution in [0.4, 0.5) is 0 Å². The molecule has 132 valence electrons. The summed E-state index contributed by atoms with van der Waals surface area (Å²) in [6, 6.07) is 11.7. The Labute approximate surface area is 164 Å². The second kappa shape index (κ2) is 8.08. The molecule has 0 aliphatic rings. The monoisotopic (exact) mass is 404 g/mol. The van der Waals surface area contributed by atoms with E-state index in [1.165, 1.54) is 16.3 Å². The summed E-state index contributed by atoms with van der Waals surface area (Å²) in [5.41, 5.74) is 0.850. The number of ketones is 1. The van der Waals surface area contributed by atoms with E-state index in [1.807, 2.05) is 0 Å². The first-order chi connectivity index (χ1) is 12.5. The molecule has 0 saturated heterocycles. The minimum atomic E-state index is -0.213. The van der Waals surface area contributed by atoms with Crippen LogP contribution in [0.2, 0.25) is 10.0 Å². The molecule has 0 aliphatic carbocycles. The molecule has 0 saturated carbocycles. The van der Waals surface area contributed by atoms with Gasteiger partial charge in [0.1, 0.15) is 0 Å². The van der Waals surface area contributed by atoms with E-state index in [0.29, 0.717) is 38.2 Å². The highest BCUT2D eigenvalue weighted by atomic mass is 35.5. The molecule has 0 N–H and O–H groups in total. The Kier molecular flexibility index (Phi) is 5.81. The summed E-state index contributed by atoms with van der Waals surface area (Å²) >= 11 is 13.1. The molecule has 0 amide bonds. The van der Waals surface area contributed by atoms with Gasteiger partial charge in [0.15, 0.2) is 10.9 Å². The highest BCUT2D eigenvalue weighted by Gasteiger charge is 2.14. The second-order valence-electron chi connectivity index (χ2n) is 5.48. The third-order valence-corrected chi connectivity index (χ3v) is 5.12. The minimum Gasteiger partial charge on any atom is -0.293 e. The van der Waals surface area contributed by atoms with E-state index in [0.717, 1.165) is 0 Å². The number of thioether (sulfide) groups is 1. The molecule has 2 aromatic carbocycles. The molecular formula is C19H14Cl2N2O2S. The van der Waals surface area contributed by atoms with Crippen LogP contribution in [0, 0.1) is 0 Å². The number of allylic oxidation sites excluding steroid dienone is 1. The zero-order chi connectivity index (χ0) is 18.7. The van der Waals surface area contributed by atoms with Gasteiger partial charge in [-0.3, -0.25) is 14.2 Å². The van der Waals surface area contributed by atoms with Crippen LogP contribution in [-0.2, 0) is 6.54 Å². The Morgan fingerprint density at radius 3 is 2.69 bits per heavy atom. The average molecular weight is 405 g/mol. The van der Waals surface area contributed by atoms with E-state index in [-0.39, 0.29) is 17.1 Å². The smallest absolute Gasteiger partial charge is 0.262 e. The Morgan fingerprint density at radius 1 is 1.19 bits per heavy atom. The number of carbonyl (C=O) groups excluding carboxylic acids is 1. The van der Waals surface area contributed by atoms with Gasteiger partial charge in [-0.2, -0.15) is 0 Å². The molecule has 1 heterocycles. The van der Waals surface area contributed by atoms with Crippen LogP contribution in [0.15, 0.2) is 65.1 Å². The van der Waals surface area contributed by atoms with E-state index in [2.05, 4.69) is 11.6 Å². The number of halogens is 2. The fourth-order valence-electron chi connectivity index (χ4n) is 2.45. The van der Waals surface area contributed by atoms with Crippen molar-refractivity contribution < 1.29 is 4.79 Å². The first-order valence-corrected chi connectivity index (χ1v) is 9.46. The van der Waals surface area contributed by atoms with Gasteiger partial charge in [-0.05, 0) is 30.3 Å². The molecular weight excluding hydrogens is 391 g/mol. The van der Waals surface area contributed by atoms with Crippen molar-refractivity contribution in [1.29, 1.82) is 0 Å². The van der Waals surface area contributed by atoms with Crippen molar-refractivity contribution in [3.63, 3.8) is 0 Å². The zero-order valence-corrected chi connectivity index (χ0v) is 15.9. The van der Waals surface area contributed by atoms with Crippen molar-refractivity contribution in [2.24, 2.45) is 0 Å². The van der Waals surface area contributed by atoms with Gasteiger partial charge in [0, 0.05) is 22.2 Å². The summed E-state index contributed by atoms with van der Waals surface area (Å²) in [7, 11) is 0. The first kappa shape index (κ1) is 18.7. The lowest BCUT2D eigenvalue weighted by atomic mass is 10.1. The fourth-order valence-corrected chi connectivity index (χ4v) is 3.71. The molecule has 0 unspecified atom stereocenters. The molecule has 3 rings (SSSR count). The van der Waals surface area contributed by atoms with E-state index >= 15 is 0 Å². The highest BCUT2D eigenvalue weighted by molar-refractivity contribution is 7.99. The van der Waals surface area contributed by atoms with Crippen LogP contribution in [-0.4, -0.2) is 21.1 Å². The number of benzene rings is 2. The largest absolute Gasteiger partial charge is 0.293 e. The standard InChI is InChI=1S/C19H14Cl2N2O2S/c1-2-8-23-18(25)15-10-14(21)6-7-16(15)22-19(23)26-11-17(24)12-4-3-5-13(20)9-12/h2-7,9-10H,1,8,11H2. The first-order valence-electron chi connectivity index (χ1n) is 7.72. The molecule has 0 bridgehead atoms. The summed E-state index contributed by atoms with van der Waals surface area (Å²) in [4.78, 5) is 29.7. The van der Waals surface area contributed by atoms with Gasteiger partial charge in [-0.1, -0.05) is 53.2 Å². The lowest BCUT2D eigenvalue weighted by molar-refractivity contribution is 0.102. The molecule has 0 atom stereocenters. The molecule has 0 spiro atoms. The fraction of sp³-hybridized carbons (Fsp3) is 0.105. The van der Waals surface area contributed by atoms with Crippen LogP contribution in [0.25, 0.3) is 10.9 Å². The average Bonchev–Trinajstić information content (AvgIpc) is 2.63. The number of nitrogens with zero attached hydrogens (tertiary/aromatic N) is 2. The predicted octanol–water partition coefficient (Wildman–Crippen LogP) is 4.86. The maximum Gasteiger partial charge on any atom is 0.262 e. The number of hydrogen-bond acceptors (Lipinski definition) is 4. The van der Waals surface area contributed by atoms with Crippen LogP contribution in [0.1, 0.15) is 10.4 Å². The van der Waals surface area contributed by atoms with E-state index < -0.39 is 0 Å². The molecule has 0 aliphatic heterocycles. The second-order valence-corrected chi connectivity index (χ2v) is 7.30. The van der Waals surface area contributed by atoms with Gasteiger partial charge in [-0.25, -0.2) is 4.98 Å². The maximum absolute atomic E-state index is 12.8. The number of aromatic nitrogens is 2. The van der Waals surface area contributed by atoms with Crippen LogP contribution in [0.5, 0.6) is 0 Å². The van der Waals surface area contributed by atoms with Crippen molar-refractivity contribution in [3.05, 3.63) is 81.1 Å². The van der Waals surface area contributed by atoms with Crippen LogP contribution in [0.3, 0.4) is 0 Å². The zero-order valence-electron chi connectivity index (χ0n) is 13.6. The normalized spacial score (nSPS) is 10.8. The van der Waals surface area contributed by atoms with Gasteiger partial charge in [0.25, 0.3) is 5.56 Å². The topological polar surface area (TPSA) is 52.0 Å². The number of carbonyl (C=O) groups is 1. The van der Waals surface area contributed by atoms with Crippen molar-refractivity contribution in [3.8, 4) is 0 Å². The molecule has 1 aromatic heterocycles. The summed E-state index contributed by atoms with van der Waals surface area (Å²) in [6.07, 6.45) is 1.61. The molecule has 7 heteroatoms. The predicted molar refractivity (Wildman–Crippen MR) is 108 cm³/mol. The quantitative estimate of drug-likeness (QED) is 0.254. The van der Waals surface area contributed by atoms with Crippen molar-refractivity contribution in [1.82, 2.24) is 9.55 Å². The van der Waals surface area contributed by atoms with Crippen LogP contribution >= 0.6 is 35.0 Å². The SMILES string of the molecule is C=CCn1c(SCC(=O)c2cccc(Cl)c2)nc2ccc(Cl)cc2c1=O. The van der Waals surface area contributed by atoms with Crippen molar-refractivity contribution in [2.75, 3.05) is 5.75 Å². The summed E-state index contributed by atoms with van der Waals surface area (Å²) in [5.74, 6) is 0.0522. The number of rotatable bonds is 6. The maximum atomic E-state index is 12.8. The lowest BCUT2D eigenvalue weighted by Crippen LogP contribution is -2.23. The van der Waals surface area contributed by atoms with Gasteiger partial charge >= 0.3 is 0 Å². The van der Waals surface area contributed by atoms with E-state index in [1.54, 1.807) is 48.5 Å². The van der Waals surface area contributed by atoms with Crippen LogP contribution < -0.4 is 5.56 Å².